The Kier molecular flexibility index (Phi) is 11.0. The van der Waals surface area contributed by atoms with Gasteiger partial charge < -0.3 is 15.6 Å². The van der Waals surface area contributed by atoms with Gasteiger partial charge in [-0.2, -0.15) is 11.8 Å². The molecule has 2 aliphatic rings. The third-order valence-corrected chi connectivity index (χ3v) is 11.8. The number of aryl methyl sites for hydroxylation is 1. The Labute approximate surface area is 294 Å². The van der Waals surface area contributed by atoms with Crippen molar-refractivity contribution in [3.8, 4) is 0 Å². The van der Waals surface area contributed by atoms with Crippen LogP contribution in [0.25, 0.3) is 23.1 Å². The molecular formula is C41H47ClN2O3S. The van der Waals surface area contributed by atoms with Crippen LogP contribution >= 0.6 is 23.4 Å². The van der Waals surface area contributed by atoms with Gasteiger partial charge in [-0.15, -0.1) is 0 Å². The van der Waals surface area contributed by atoms with Gasteiger partial charge >= 0.3 is 5.97 Å². The van der Waals surface area contributed by atoms with Crippen LogP contribution in [0.1, 0.15) is 98.4 Å². The van der Waals surface area contributed by atoms with Crippen molar-refractivity contribution in [1.29, 1.82) is 0 Å². The minimum absolute atomic E-state index is 0.0121. The molecule has 0 bridgehead atoms. The number of hydrogen-bond acceptors (Lipinski definition) is 6. The molecule has 0 radical (unpaired) electrons. The Morgan fingerprint density at radius 1 is 1.04 bits per heavy atom. The third-order valence-electron chi connectivity index (χ3n) is 9.84. The highest BCUT2D eigenvalue weighted by molar-refractivity contribution is 7.99. The topological polar surface area (TPSA) is 85.4 Å². The summed E-state index contributed by atoms with van der Waals surface area (Å²) in [5.41, 5.74) is 11.4. The van der Waals surface area contributed by atoms with Crippen LogP contribution in [0, 0.1) is 5.41 Å². The number of esters is 1. The number of carbonyl (C=O) groups excluding carboxylic acids is 1. The van der Waals surface area contributed by atoms with Crippen molar-refractivity contribution in [3.63, 3.8) is 0 Å². The highest BCUT2D eigenvalue weighted by Crippen LogP contribution is 2.53. The van der Waals surface area contributed by atoms with E-state index in [1.165, 1.54) is 11.1 Å². The Morgan fingerprint density at radius 3 is 2.58 bits per heavy atom. The van der Waals surface area contributed by atoms with E-state index in [-0.39, 0.29) is 28.8 Å². The average molecular weight is 683 g/mol. The summed E-state index contributed by atoms with van der Waals surface area (Å²) in [7, 11) is 0. The predicted octanol–water partition coefficient (Wildman–Crippen LogP) is 9.68. The Morgan fingerprint density at radius 2 is 1.81 bits per heavy atom. The molecule has 1 heterocycles. The molecule has 7 heteroatoms. The van der Waals surface area contributed by atoms with Gasteiger partial charge in [-0.25, -0.2) is 4.98 Å². The maximum absolute atomic E-state index is 13.0. The van der Waals surface area contributed by atoms with E-state index in [4.69, 9.17) is 27.1 Å². The number of halogens is 1. The summed E-state index contributed by atoms with van der Waals surface area (Å²) in [6.45, 7) is 3.70. The van der Waals surface area contributed by atoms with Gasteiger partial charge in [-0.1, -0.05) is 78.3 Å². The number of ether oxygens (including phenoxy) is 1. The molecule has 1 aromatic heterocycles. The zero-order valence-corrected chi connectivity index (χ0v) is 29.6. The first-order valence-electron chi connectivity index (χ1n) is 17.3. The van der Waals surface area contributed by atoms with Crippen molar-refractivity contribution >= 4 is 52.4 Å². The largest absolute Gasteiger partial charge is 0.462 e. The molecule has 2 saturated carbocycles. The Bertz CT molecular complexity index is 1750. The number of hydrogen-bond donors (Lipinski definition) is 2. The normalized spacial score (nSPS) is 19.8. The van der Waals surface area contributed by atoms with Gasteiger partial charge in [0.25, 0.3) is 0 Å². The number of fused-ring (bicyclic) bond motifs is 1. The molecule has 2 fully saturated rings. The molecule has 1 atom stereocenters. The summed E-state index contributed by atoms with van der Waals surface area (Å²) in [6, 6.07) is 27.1. The molecule has 252 valence electrons. The first-order chi connectivity index (χ1) is 23.0. The summed E-state index contributed by atoms with van der Waals surface area (Å²) in [5.74, 6) is 0.861. The molecule has 3 N–H and O–H groups in total. The van der Waals surface area contributed by atoms with Crippen molar-refractivity contribution < 1.29 is 14.6 Å². The van der Waals surface area contributed by atoms with Crippen LogP contribution in [0.3, 0.4) is 0 Å². The van der Waals surface area contributed by atoms with Gasteiger partial charge in [0, 0.05) is 27.5 Å². The molecule has 0 saturated heterocycles. The molecule has 48 heavy (non-hydrogen) atoms. The van der Waals surface area contributed by atoms with Crippen LogP contribution in [-0.4, -0.2) is 34.0 Å². The molecule has 2 aliphatic carbocycles. The standard InChI is InChI=1S/C41H47ClN2O3S/c1-40(2,46)36-9-4-3-7-29(36)13-21-38(48-27-41(22-23-41)26-39(45)47-35-19-15-33(43)16-20-35)31-8-5-6-28(24-31)10-17-34-18-12-30-11-14-32(42)25-37(30)44-34/h3-12,14,17-18,24-25,33,35,38,46H,13,15-16,19-23,26-27,43H2,1-2H3. The van der Waals surface area contributed by atoms with Crippen LogP contribution < -0.4 is 5.73 Å². The van der Waals surface area contributed by atoms with Gasteiger partial charge in [0.05, 0.1) is 23.2 Å². The van der Waals surface area contributed by atoms with E-state index < -0.39 is 5.60 Å². The van der Waals surface area contributed by atoms with Crippen LogP contribution in [0.4, 0.5) is 0 Å². The van der Waals surface area contributed by atoms with E-state index in [0.717, 1.165) is 84.8 Å². The molecule has 3 aromatic carbocycles. The zero-order chi connectivity index (χ0) is 33.7. The number of pyridine rings is 1. The van der Waals surface area contributed by atoms with E-state index in [2.05, 4.69) is 48.5 Å². The van der Waals surface area contributed by atoms with E-state index in [1.807, 2.05) is 68.1 Å². The van der Waals surface area contributed by atoms with Crippen LogP contribution in [0.5, 0.6) is 0 Å². The summed E-state index contributed by atoms with van der Waals surface area (Å²) >= 11 is 8.17. The summed E-state index contributed by atoms with van der Waals surface area (Å²) < 4.78 is 5.92. The lowest BCUT2D eigenvalue weighted by molar-refractivity contribution is -0.151. The summed E-state index contributed by atoms with van der Waals surface area (Å²) in [4.78, 5) is 17.8. The first-order valence-corrected chi connectivity index (χ1v) is 18.7. The molecule has 6 rings (SSSR count). The second-order valence-corrected chi connectivity index (χ2v) is 16.0. The fourth-order valence-electron chi connectivity index (χ4n) is 6.78. The maximum atomic E-state index is 13.0. The monoisotopic (exact) mass is 682 g/mol. The Hall–Kier alpha value is -3.16. The maximum Gasteiger partial charge on any atom is 0.306 e. The van der Waals surface area contributed by atoms with E-state index >= 15 is 0 Å². The van der Waals surface area contributed by atoms with Crippen molar-refractivity contribution in [3.05, 3.63) is 112 Å². The lowest BCUT2D eigenvalue weighted by atomic mass is 9.90. The van der Waals surface area contributed by atoms with Crippen molar-refractivity contribution in [2.45, 2.75) is 94.6 Å². The van der Waals surface area contributed by atoms with E-state index in [9.17, 15) is 9.90 Å². The number of aliphatic hydroxyl groups is 1. The minimum atomic E-state index is -0.909. The molecule has 5 nitrogen and oxygen atoms in total. The second-order valence-electron chi connectivity index (χ2n) is 14.3. The number of nitrogens with zero attached hydrogens (tertiary/aromatic N) is 1. The predicted molar refractivity (Wildman–Crippen MR) is 200 cm³/mol. The quantitative estimate of drug-likeness (QED) is 0.137. The molecule has 0 spiro atoms. The van der Waals surface area contributed by atoms with Crippen molar-refractivity contribution in [1.82, 2.24) is 4.98 Å². The van der Waals surface area contributed by atoms with Gasteiger partial charge in [-0.3, -0.25) is 4.79 Å². The number of rotatable bonds is 13. The molecule has 0 aliphatic heterocycles. The average Bonchev–Trinajstić information content (AvgIpc) is 3.83. The Balaban J connectivity index is 1.17. The summed E-state index contributed by atoms with van der Waals surface area (Å²) in [6.07, 6.45) is 12.2. The number of thioether (sulfide) groups is 1. The smallest absolute Gasteiger partial charge is 0.306 e. The molecular weight excluding hydrogens is 636 g/mol. The molecule has 0 amide bonds. The zero-order valence-electron chi connectivity index (χ0n) is 28.0. The molecule has 4 aromatic rings. The molecule has 1 unspecified atom stereocenters. The SMILES string of the molecule is CC(C)(O)c1ccccc1CCC(SCC1(CC(=O)OC2CCC(N)CC2)CC1)c1cccc(C=Cc2ccc3ccc(Cl)cc3n2)c1. The van der Waals surface area contributed by atoms with Crippen molar-refractivity contribution in [2.75, 3.05) is 5.75 Å². The highest BCUT2D eigenvalue weighted by Gasteiger charge is 2.45. The first kappa shape index (κ1) is 34.7. The number of benzene rings is 3. The van der Waals surface area contributed by atoms with Crippen LogP contribution in [-0.2, 0) is 21.6 Å². The van der Waals surface area contributed by atoms with E-state index in [1.54, 1.807) is 0 Å². The fraction of sp³-hybridized carbons (Fsp3) is 0.415. The number of carbonyl (C=O) groups is 1. The van der Waals surface area contributed by atoms with E-state index in [0.29, 0.717) is 11.4 Å². The number of aromatic nitrogens is 1. The van der Waals surface area contributed by atoms with Gasteiger partial charge in [0.1, 0.15) is 6.10 Å². The highest BCUT2D eigenvalue weighted by atomic mass is 35.5. The van der Waals surface area contributed by atoms with Crippen molar-refractivity contribution in [2.24, 2.45) is 11.1 Å². The third kappa shape index (κ3) is 9.29. The van der Waals surface area contributed by atoms with Gasteiger partial charge in [0.15, 0.2) is 0 Å². The fourth-order valence-corrected chi connectivity index (χ4v) is 8.51. The van der Waals surface area contributed by atoms with Crippen LogP contribution in [0.2, 0.25) is 5.02 Å². The number of nitrogens with two attached hydrogens (primary N) is 1. The lowest BCUT2D eigenvalue weighted by Crippen LogP contribution is -2.32. The minimum Gasteiger partial charge on any atom is -0.462 e. The second kappa shape index (κ2) is 15.2. The summed E-state index contributed by atoms with van der Waals surface area (Å²) in [5, 5.41) is 12.8. The van der Waals surface area contributed by atoms with Gasteiger partial charge in [-0.05, 0) is 117 Å². The van der Waals surface area contributed by atoms with Crippen LogP contribution in [0.15, 0.2) is 78.9 Å². The van der Waals surface area contributed by atoms with Gasteiger partial charge in [0.2, 0.25) is 0 Å². The lowest BCUT2D eigenvalue weighted by Gasteiger charge is -2.27.